The van der Waals surface area contributed by atoms with E-state index in [1.54, 1.807) is 22.9 Å². The van der Waals surface area contributed by atoms with Crippen LogP contribution in [0.15, 0.2) is 12.1 Å². The standard InChI is InChI=1S/C19H25F2N3O2/c1-19(2,3)26-18(25)23(4)12-13-5-7-24(8-6-13)17-15(20)9-14(11-22)10-16(17)21/h9-10,13H,5-8,12H2,1-4H3. The van der Waals surface area contributed by atoms with Gasteiger partial charge in [-0.3, -0.25) is 0 Å². The number of hydrogen-bond acceptors (Lipinski definition) is 4. The second-order valence-electron chi connectivity index (χ2n) is 7.69. The van der Waals surface area contributed by atoms with Crippen molar-refractivity contribution in [3.8, 4) is 6.07 Å². The number of halogens is 2. The minimum absolute atomic E-state index is 0.0300. The molecule has 0 aromatic heterocycles. The van der Waals surface area contributed by atoms with Gasteiger partial charge in [-0.25, -0.2) is 13.6 Å². The molecular formula is C19H25F2N3O2. The largest absolute Gasteiger partial charge is 0.444 e. The normalized spacial score (nSPS) is 15.5. The highest BCUT2D eigenvalue weighted by molar-refractivity contribution is 5.67. The molecular weight excluding hydrogens is 340 g/mol. The lowest BCUT2D eigenvalue weighted by Gasteiger charge is -2.35. The van der Waals surface area contributed by atoms with Crippen molar-refractivity contribution in [2.75, 3.05) is 31.6 Å². The zero-order valence-electron chi connectivity index (χ0n) is 15.7. The van der Waals surface area contributed by atoms with Crippen LogP contribution in [0.3, 0.4) is 0 Å². The molecule has 1 fully saturated rings. The van der Waals surface area contributed by atoms with Crippen molar-refractivity contribution in [3.05, 3.63) is 29.3 Å². The summed E-state index contributed by atoms with van der Waals surface area (Å²) < 4.78 is 33.6. The van der Waals surface area contributed by atoms with E-state index in [-0.39, 0.29) is 23.3 Å². The van der Waals surface area contributed by atoms with Crippen molar-refractivity contribution in [2.45, 2.75) is 39.2 Å². The predicted molar refractivity (Wildman–Crippen MR) is 94.9 cm³/mol. The van der Waals surface area contributed by atoms with Crippen molar-refractivity contribution in [3.63, 3.8) is 0 Å². The van der Waals surface area contributed by atoms with Gasteiger partial charge >= 0.3 is 6.09 Å². The zero-order valence-corrected chi connectivity index (χ0v) is 15.7. The Kier molecular flexibility index (Phi) is 6.06. The van der Waals surface area contributed by atoms with Crippen LogP contribution < -0.4 is 4.90 Å². The van der Waals surface area contributed by atoms with Crippen molar-refractivity contribution >= 4 is 11.8 Å². The molecule has 1 aromatic rings. The van der Waals surface area contributed by atoms with E-state index in [0.717, 1.165) is 12.1 Å². The highest BCUT2D eigenvalue weighted by Crippen LogP contribution is 2.29. The monoisotopic (exact) mass is 365 g/mol. The molecule has 0 N–H and O–H groups in total. The average molecular weight is 365 g/mol. The summed E-state index contributed by atoms with van der Waals surface area (Å²) in [4.78, 5) is 15.2. The lowest BCUT2D eigenvalue weighted by molar-refractivity contribution is 0.0266. The Morgan fingerprint density at radius 1 is 1.31 bits per heavy atom. The van der Waals surface area contributed by atoms with Crippen molar-refractivity contribution in [1.82, 2.24) is 4.90 Å². The quantitative estimate of drug-likeness (QED) is 0.815. The highest BCUT2D eigenvalue weighted by atomic mass is 19.1. The molecule has 1 aromatic carbocycles. The van der Waals surface area contributed by atoms with Crippen LogP contribution in [-0.4, -0.2) is 43.3 Å². The summed E-state index contributed by atoms with van der Waals surface area (Å²) in [5.74, 6) is -1.19. The van der Waals surface area contributed by atoms with Gasteiger partial charge in [0.15, 0.2) is 11.6 Å². The van der Waals surface area contributed by atoms with Crippen LogP contribution >= 0.6 is 0 Å². The summed E-state index contributed by atoms with van der Waals surface area (Å²) in [5.41, 5.74) is -0.653. The third kappa shape index (κ3) is 5.07. The lowest BCUT2D eigenvalue weighted by atomic mass is 9.95. The molecule has 142 valence electrons. The minimum atomic E-state index is -0.717. The number of amides is 1. The Morgan fingerprint density at radius 2 is 1.85 bits per heavy atom. The molecule has 0 unspecified atom stereocenters. The molecule has 26 heavy (non-hydrogen) atoms. The summed E-state index contributed by atoms with van der Waals surface area (Å²) in [7, 11) is 1.69. The summed E-state index contributed by atoms with van der Waals surface area (Å²) in [6, 6.07) is 3.86. The first-order valence-electron chi connectivity index (χ1n) is 8.69. The smallest absolute Gasteiger partial charge is 0.410 e. The molecule has 0 radical (unpaired) electrons. The van der Waals surface area contributed by atoms with Crippen LogP contribution in [0.4, 0.5) is 19.3 Å². The molecule has 7 heteroatoms. The topological polar surface area (TPSA) is 56.6 Å². The molecule has 0 atom stereocenters. The van der Waals surface area contributed by atoms with Gasteiger partial charge in [0.25, 0.3) is 0 Å². The Bertz CT molecular complexity index is 679. The molecule has 5 nitrogen and oxygen atoms in total. The molecule has 0 saturated carbocycles. The van der Waals surface area contributed by atoms with Gasteiger partial charge in [0.05, 0.1) is 11.6 Å². The maximum absolute atomic E-state index is 14.2. The van der Waals surface area contributed by atoms with Gasteiger partial charge < -0.3 is 14.5 Å². The lowest BCUT2D eigenvalue weighted by Crippen LogP contribution is -2.41. The highest BCUT2D eigenvalue weighted by Gasteiger charge is 2.27. The van der Waals surface area contributed by atoms with Gasteiger partial charge in [-0.2, -0.15) is 5.26 Å². The second kappa shape index (κ2) is 7.90. The number of anilines is 1. The van der Waals surface area contributed by atoms with E-state index >= 15 is 0 Å². The second-order valence-corrected chi connectivity index (χ2v) is 7.69. The summed E-state index contributed by atoms with van der Waals surface area (Å²) in [6.07, 6.45) is 1.06. The average Bonchev–Trinajstić information content (AvgIpc) is 2.54. The number of nitrogens with zero attached hydrogens (tertiary/aromatic N) is 3. The number of rotatable bonds is 3. The Hall–Kier alpha value is -2.36. The van der Waals surface area contributed by atoms with Gasteiger partial charge in [-0.05, 0) is 51.7 Å². The maximum Gasteiger partial charge on any atom is 0.410 e. The first kappa shape index (κ1) is 20.0. The SMILES string of the molecule is CN(CC1CCN(c2c(F)cc(C#N)cc2F)CC1)C(=O)OC(C)(C)C. The van der Waals surface area contributed by atoms with E-state index in [4.69, 9.17) is 10.00 Å². The molecule has 1 heterocycles. The Balaban J connectivity index is 1.94. The molecule has 1 aliphatic heterocycles. The number of piperidine rings is 1. The van der Waals surface area contributed by atoms with Gasteiger partial charge in [0.2, 0.25) is 0 Å². The first-order chi connectivity index (χ1) is 12.1. The third-order valence-corrected chi connectivity index (χ3v) is 4.31. The number of benzene rings is 1. The van der Waals surface area contributed by atoms with Gasteiger partial charge in [0.1, 0.15) is 11.3 Å². The molecule has 1 saturated heterocycles. The fourth-order valence-corrected chi connectivity index (χ4v) is 3.07. The number of carbonyl (C=O) groups is 1. The van der Waals surface area contributed by atoms with E-state index in [9.17, 15) is 13.6 Å². The van der Waals surface area contributed by atoms with Crippen LogP contribution in [0.2, 0.25) is 0 Å². The van der Waals surface area contributed by atoms with Gasteiger partial charge in [0, 0.05) is 26.7 Å². The number of ether oxygens (including phenoxy) is 1. The Morgan fingerprint density at radius 3 is 2.31 bits per heavy atom. The maximum atomic E-state index is 14.2. The van der Waals surface area contributed by atoms with Crippen LogP contribution in [0.1, 0.15) is 39.2 Å². The zero-order chi connectivity index (χ0) is 19.5. The van der Waals surface area contributed by atoms with Gasteiger partial charge in [-0.1, -0.05) is 0 Å². The summed E-state index contributed by atoms with van der Waals surface area (Å²) >= 11 is 0. The van der Waals surface area contributed by atoms with Crippen LogP contribution in [0.25, 0.3) is 0 Å². The number of carbonyl (C=O) groups excluding carboxylic acids is 1. The van der Waals surface area contributed by atoms with Crippen molar-refractivity contribution in [1.29, 1.82) is 5.26 Å². The molecule has 0 bridgehead atoms. The summed E-state index contributed by atoms with van der Waals surface area (Å²) in [5, 5.41) is 8.78. The van der Waals surface area contributed by atoms with E-state index in [1.165, 1.54) is 0 Å². The molecule has 1 amide bonds. The van der Waals surface area contributed by atoms with Crippen LogP contribution in [-0.2, 0) is 4.74 Å². The Labute approximate surface area is 153 Å². The summed E-state index contributed by atoms with van der Waals surface area (Å²) in [6.45, 7) is 6.98. The predicted octanol–water partition coefficient (Wildman–Crippen LogP) is 3.92. The van der Waals surface area contributed by atoms with Crippen molar-refractivity contribution < 1.29 is 18.3 Å². The minimum Gasteiger partial charge on any atom is -0.444 e. The number of nitriles is 1. The van der Waals surface area contributed by atoms with Crippen LogP contribution in [0, 0.1) is 28.9 Å². The van der Waals surface area contributed by atoms with Crippen LogP contribution in [0.5, 0.6) is 0 Å². The third-order valence-electron chi connectivity index (χ3n) is 4.31. The molecule has 1 aliphatic rings. The first-order valence-corrected chi connectivity index (χ1v) is 8.69. The fourth-order valence-electron chi connectivity index (χ4n) is 3.07. The number of hydrogen-bond donors (Lipinski definition) is 0. The van der Waals surface area contributed by atoms with E-state index in [2.05, 4.69) is 0 Å². The fraction of sp³-hybridized carbons (Fsp3) is 0.579. The molecule has 0 aliphatic carbocycles. The van der Waals surface area contributed by atoms with E-state index < -0.39 is 17.2 Å². The van der Waals surface area contributed by atoms with E-state index in [1.807, 2.05) is 20.8 Å². The van der Waals surface area contributed by atoms with Crippen molar-refractivity contribution in [2.24, 2.45) is 5.92 Å². The molecule has 2 rings (SSSR count). The molecule has 0 spiro atoms. The van der Waals surface area contributed by atoms with Gasteiger partial charge in [-0.15, -0.1) is 0 Å². The van der Waals surface area contributed by atoms with E-state index in [0.29, 0.717) is 32.5 Å².